The molecule has 0 spiro atoms. The maximum absolute atomic E-state index is 4.13. The van der Waals surface area contributed by atoms with Gasteiger partial charge in [-0.05, 0) is 33.9 Å². The number of benzene rings is 1. The van der Waals surface area contributed by atoms with Crippen LogP contribution in [0.25, 0.3) is 0 Å². The molecule has 0 unspecified atom stereocenters. The van der Waals surface area contributed by atoms with Crippen molar-refractivity contribution in [2.45, 2.75) is 18.5 Å². The number of hydrogen-bond acceptors (Lipinski definition) is 5. The Kier molecular flexibility index (Phi) is 2.74. The monoisotopic (exact) mass is 283 g/mol. The average Bonchev–Trinajstić information content (AvgIpc) is 3.18. The van der Waals surface area contributed by atoms with Crippen LogP contribution in [0.5, 0.6) is 0 Å². The lowest BCUT2D eigenvalue weighted by molar-refractivity contribution is 0.426. The molecule has 3 heterocycles. The molecule has 0 radical (unpaired) electrons. The van der Waals surface area contributed by atoms with Crippen LogP contribution < -0.4 is 5.32 Å². The third-order valence-electron chi connectivity index (χ3n) is 3.62. The van der Waals surface area contributed by atoms with Crippen LogP contribution in [0.2, 0.25) is 0 Å². The van der Waals surface area contributed by atoms with E-state index in [0.29, 0.717) is 0 Å². The molecule has 5 nitrogen and oxygen atoms in total. The lowest BCUT2D eigenvalue weighted by Gasteiger charge is -2.30. The van der Waals surface area contributed by atoms with Gasteiger partial charge in [-0.2, -0.15) is 0 Å². The van der Waals surface area contributed by atoms with Crippen molar-refractivity contribution in [2.75, 3.05) is 5.32 Å². The summed E-state index contributed by atoms with van der Waals surface area (Å²) in [4.78, 5) is 1.32. The Morgan fingerprint density at radius 2 is 2.05 bits per heavy atom. The lowest BCUT2D eigenvalue weighted by atomic mass is 9.97. The van der Waals surface area contributed by atoms with Crippen molar-refractivity contribution in [1.29, 1.82) is 0 Å². The minimum absolute atomic E-state index is 0.176. The maximum atomic E-state index is 4.13. The van der Waals surface area contributed by atoms with Gasteiger partial charge in [0.15, 0.2) is 0 Å². The van der Waals surface area contributed by atoms with Gasteiger partial charge in [0, 0.05) is 4.88 Å². The average molecular weight is 283 g/mol. The van der Waals surface area contributed by atoms with Crippen molar-refractivity contribution in [3.05, 3.63) is 58.3 Å². The second kappa shape index (κ2) is 4.72. The topological polar surface area (TPSA) is 55.6 Å². The summed E-state index contributed by atoms with van der Waals surface area (Å²) in [7, 11) is 0. The van der Waals surface area contributed by atoms with E-state index in [1.165, 1.54) is 10.4 Å². The normalized spacial score (nSPS) is 21.2. The number of rotatable bonds is 2. The molecule has 4 rings (SSSR count). The summed E-state index contributed by atoms with van der Waals surface area (Å²) in [5.41, 5.74) is 1.24. The largest absolute Gasteiger partial charge is 0.345 e. The highest BCUT2D eigenvalue weighted by molar-refractivity contribution is 7.10. The predicted molar refractivity (Wildman–Crippen MR) is 77.7 cm³/mol. The zero-order valence-electron chi connectivity index (χ0n) is 10.7. The first-order valence-electron chi connectivity index (χ1n) is 6.54. The molecule has 1 aromatic carbocycles. The molecule has 0 bridgehead atoms. The quantitative estimate of drug-likeness (QED) is 0.785. The van der Waals surface area contributed by atoms with Crippen LogP contribution in [0.3, 0.4) is 0 Å². The van der Waals surface area contributed by atoms with Gasteiger partial charge in [-0.25, -0.2) is 4.68 Å². The summed E-state index contributed by atoms with van der Waals surface area (Å²) in [6, 6.07) is 15.1. The Morgan fingerprint density at radius 1 is 1.15 bits per heavy atom. The molecule has 1 N–H and O–H groups in total. The van der Waals surface area contributed by atoms with Gasteiger partial charge in [0.1, 0.15) is 0 Å². The highest BCUT2D eigenvalue weighted by Gasteiger charge is 2.30. The highest BCUT2D eigenvalue weighted by Crippen LogP contribution is 2.38. The molecule has 0 saturated carbocycles. The molecule has 100 valence electrons. The number of fused-ring (bicyclic) bond motifs is 1. The molecule has 1 aliphatic heterocycles. The molecule has 2 atom stereocenters. The molecule has 0 fully saturated rings. The van der Waals surface area contributed by atoms with Crippen LogP contribution in [0.1, 0.15) is 28.9 Å². The van der Waals surface area contributed by atoms with Gasteiger partial charge in [0.25, 0.3) is 0 Å². The van der Waals surface area contributed by atoms with E-state index in [-0.39, 0.29) is 12.1 Å². The first kappa shape index (κ1) is 11.6. The van der Waals surface area contributed by atoms with E-state index < -0.39 is 0 Å². The van der Waals surface area contributed by atoms with Crippen molar-refractivity contribution >= 4 is 17.3 Å². The Morgan fingerprint density at radius 3 is 2.85 bits per heavy atom. The third kappa shape index (κ3) is 1.89. The van der Waals surface area contributed by atoms with Gasteiger partial charge in [0.2, 0.25) is 5.95 Å². The molecule has 20 heavy (non-hydrogen) atoms. The van der Waals surface area contributed by atoms with Crippen LogP contribution in [0.15, 0.2) is 47.8 Å². The Bertz CT molecular complexity index is 691. The summed E-state index contributed by atoms with van der Waals surface area (Å²) in [5, 5.41) is 17.5. The SMILES string of the molecule is c1ccc([C@@H]2C[C@H](c3cccs3)Nc3nnnn32)cc1. The summed E-state index contributed by atoms with van der Waals surface area (Å²) in [6.45, 7) is 0. The van der Waals surface area contributed by atoms with E-state index in [9.17, 15) is 0 Å². The van der Waals surface area contributed by atoms with Gasteiger partial charge < -0.3 is 5.32 Å². The number of aromatic nitrogens is 4. The molecular formula is C14H13N5S. The zero-order chi connectivity index (χ0) is 13.4. The van der Waals surface area contributed by atoms with E-state index in [4.69, 9.17) is 0 Å². The number of nitrogens with one attached hydrogen (secondary N) is 1. The van der Waals surface area contributed by atoms with E-state index in [0.717, 1.165) is 12.4 Å². The summed E-state index contributed by atoms with van der Waals surface area (Å²) in [5.74, 6) is 0.739. The fourth-order valence-electron chi connectivity index (χ4n) is 2.67. The fraction of sp³-hybridized carbons (Fsp3) is 0.214. The summed E-state index contributed by atoms with van der Waals surface area (Å²) < 4.78 is 1.87. The van der Waals surface area contributed by atoms with Crippen molar-refractivity contribution in [2.24, 2.45) is 0 Å². The Balaban J connectivity index is 1.75. The van der Waals surface area contributed by atoms with Crippen LogP contribution in [-0.2, 0) is 0 Å². The number of nitrogens with zero attached hydrogens (tertiary/aromatic N) is 4. The molecule has 0 amide bonds. The Hall–Kier alpha value is -2.21. The van der Waals surface area contributed by atoms with Gasteiger partial charge in [-0.15, -0.1) is 11.3 Å². The second-order valence-corrected chi connectivity index (χ2v) is 5.80. The molecule has 6 heteroatoms. The van der Waals surface area contributed by atoms with Gasteiger partial charge in [0.05, 0.1) is 12.1 Å². The van der Waals surface area contributed by atoms with Crippen LogP contribution in [0.4, 0.5) is 5.95 Å². The predicted octanol–water partition coefficient (Wildman–Crippen LogP) is 2.88. The number of hydrogen-bond donors (Lipinski definition) is 1. The first-order valence-corrected chi connectivity index (χ1v) is 7.42. The minimum Gasteiger partial charge on any atom is -0.345 e. The maximum Gasteiger partial charge on any atom is 0.244 e. The third-order valence-corrected chi connectivity index (χ3v) is 4.61. The molecular weight excluding hydrogens is 270 g/mol. The van der Waals surface area contributed by atoms with Gasteiger partial charge in [-0.1, -0.05) is 41.5 Å². The van der Waals surface area contributed by atoms with Gasteiger partial charge >= 0.3 is 0 Å². The molecule has 0 saturated heterocycles. The van der Waals surface area contributed by atoms with E-state index in [1.54, 1.807) is 11.3 Å². The van der Waals surface area contributed by atoms with Crippen molar-refractivity contribution in [1.82, 2.24) is 20.2 Å². The van der Waals surface area contributed by atoms with Crippen molar-refractivity contribution < 1.29 is 0 Å². The van der Waals surface area contributed by atoms with E-state index in [1.807, 2.05) is 10.7 Å². The minimum atomic E-state index is 0.176. The standard InChI is InChI=1S/C14H13N5S/c1-2-5-10(6-3-1)12-9-11(13-7-4-8-20-13)15-14-16-17-18-19(12)14/h1-8,11-12H,9H2,(H,15,16,18)/t11-,12+/m1/s1. The molecule has 0 aliphatic carbocycles. The number of thiophene rings is 1. The molecule has 1 aliphatic rings. The zero-order valence-corrected chi connectivity index (χ0v) is 11.5. The van der Waals surface area contributed by atoms with E-state index in [2.05, 4.69) is 62.6 Å². The van der Waals surface area contributed by atoms with Crippen LogP contribution >= 0.6 is 11.3 Å². The Labute approximate surface area is 120 Å². The first-order chi connectivity index (χ1) is 9.92. The van der Waals surface area contributed by atoms with Gasteiger partial charge in [-0.3, -0.25) is 0 Å². The highest BCUT2D eigenvalue weighted by atomic mass is 32.1. The van der Waals surface area contributed by atoms with Crippen molar-refractivity contribution in [3.8, 4) is 0 Å². The second-order valence-electron chi connectivity index (χ2n) is 4.82. The number of tetrazole rings is 1. The molecule has 3 aromatic rings. The van der Waals surface area contributed by atoms with Crippen LogP contribution in [0, 0.1) is 0 Å². The fourth-order valence-corrected chi connectivity index (χ4v) is 3.46. The number of anilines is 1. The summed E-state index contributed by atoms with van der Waals surface area (Å²) >= 11 is 1.76. The molecule has 2 aromatic heterocycles. The van der Waals surface area contributed by atoms with E-state index >= 15 is 0 Å². The summed E-state index contributed by atoms with van der Waals surface area (Å²) in [6.07, 6.45) is 0.947. The smallest absolute Gasteiger partial charge is 0.244 e. The van der Waals surface area contributed by atoms with Crippen LogP contribution in [-0.4, -0.2) is 20.2 Å². The lowest BCUT2D eigenvalue weighted by Crippen LogP contribution is -2.27. The van der Waals surface area contributed by atoms with Crippen molar-refractivity contribution in [3.63, 3.8) is 0 Å².